The summed E-state index contributed by atoms with van der Waals surface area (Å²) >= 11 is 1.75. The van der Waals surface area contributed by atoms with Crippen molar-refractivity contribution < 1.29 is 4.42 Å². The van der Waals surface area contributed by atoms with Crippen molar-refractivity contribution in [3.8, 4) is 0 Å². The van der Waals surface area contributed by atoms with Crippen LogP contribution in [0.1, 0.15) is 30.9 Å². The molecule has 2 aromatic rings. The van der Waals surface area contributed by atoms with E-state index in [0.717, 1.165) is 43.5 Å². The van der Waals surface area contributed by atoms with Crippen LogP contribution in [0.15, 0.2) is 29.0 Å². The van der Waals surface area contributed by atoms with Crippen LogP contribution in [0, 0.1) is 0 Å². The van der Waals surface area contributed by atoms with Crippen molar-refractivity contribution in [1.29, 1.82) is 0 Å². The summed E-state index contributed by atoms with van der Waals surface area (Å²) in [6.07, 6.45) is 4.84. The summed E-state index contributed by atoms with van der Waals surface area (Å²) in [7, 11) is 0. The largest absolute Gasteiger partial charge is 0.467 e. The van der Waals surface area contributed by atoms with Crippen LogP contribution in [-0.2, 0) is 13.1 Å². The van der Waals surface area contributed by atoms with E-state index in [0.29, 0.717) is 0 Å². The number of nitrogens with one attached hydrogen (secondary N) is 1. The van der Waals surface area contributed by atoms with Gasteiger partial charge in [0.2, 0.25) is 0 Å². The molecule has 0 aliphatic heterocycles. The van der Waals surface area contributed by atoms with E-state index in [-0.39, 0.29) is 0 Å². The summed E-state index contributed by atoms with van der Waals surface area (Å²) in [5.41, 5.74) is 0. The van der Waals surface area contributed by atoms with Crippen molar-refractivity contribution >= 4 is 16.5 Å². The number of hydrogen-bond donors (Lipinski definition) is 1. The van der Waals surface area contributed by atoms with E-state index >= 15 is 0 Å². The highest BCUT2D eigenvalue weighted by Crippen LogP contribution is 2.24. The molecule has 0 bridgehead atoms. The molecule has 0 aliphatic carbocycles. The standard InChI is InChI=1S/C14H21N3OS/c1-3-7-15-9-13-10-16-14(19-13)17(4-2)11-12-6-5-8-18-12/h5-6,8,10,15H,3-4,7,9,11H2,1-2H3. The Bertz CT molecular complexity index is 467. The minimum absolute atomic E-state index is 0.777. The van der Waals surface area contributed by atoms with E-state index in [1.165, 1.54) is 4.88 Å². The van der Waals surface area contributed by atoms with Gasteiger partial charge in [-0.05, 0) is 32.0 Å². The molecule has 0 spiro atoms. The van der Waals surface area contributed by atoms with E-state index in [1.54, 1.807) is 17.6 Å². The van der Waals surface area contributed by atoms with Gasteiger partial charge in [0.15, 0.2) is 5.13 Å². The maximum Gasteiger partial charge on any atom is 0.185 e. The van der Waals surface area contributed by atoms with Crippen LogP contribution in [0.5, 0.6) is 0 Å². The molecule has 2 rings (SSSR count). The number of thiazole rings is 1. The zero-order valence-corrected chi connectivity index (χ0v) is 12.4. The van der Waals surface area contributed by atoms with Crippen LogP contribution >= 0.6 is 11.3 Å². The summed E-state index contributed by atoms with van der Waals surface area (Å²) in [5.74, 6) is 0.975. The fourth-order valence-corrected chi connectivity index (χ4v) is 2.76. The van der Waals surface area contributed by atoms with Crippen LogP contribution in [-0.4, -0.2) is 18.1 Å². The Kier molecular flexibility index (Phi) is 5.42. The smallest absolute Gasteiger partial charge is 0.185 e. The molecule has 19 heavy (non-hydrogen) atoms. The Balaban J connectivity index is 1.94. The maximum absolute atomic E-state index is 5.40. The monoisotopic (exact) mass is 279 g/mol. The predicted molar refractivity (Wildman–Crippen MR) is 79.5 cm³/mol. The average Bonchev–Trinajstić information content (AvgIpc) is 3.07. The van der Waals surface area contributed by atoms with E-state index in [4.69, 9.17) is 4.42 Å². The van der Waals surface area contributed by atoms with Crippen LogP contribution < -0.4 is 10.2 Å². The Morgan fingerprint density at radius 2 is 2.32 bits per heavy atom. The fourth-order valence-electron chi connectivity index (χ4n) is 1.82. The molecule has 0 saturated heterocycles. The molecule has 0 saturated carbocycles. The molecule has 104 valence electrons. The number of furan rings is 1. The minimum Gasteiger partial charge on any atom is -0.467 e. The van der Waals surface area contributed by atoms with Gasteiger partial charge in [0.25, 0.3) is 0 Å². The second-order valence-electron chi connectivity index (χ2n) is 4.38. The first kappa shape index (κ1) is 14.1. The SMILES string of the molecule is CCCNCc1cnc(N(CC)Cc2ccco2)s1. The number of rotatable bonds is 8. The van der Waals surface area contributed by atoms with Gasteiger partial charge in [0.05, 0.1) is 12.8 Å². The first-order valence-corrected chi connectivity index (χ1v) is 7.57. The lowest BCUT2D eigenvalue weighted by atomic mass is 10.4. The Hall–Kier alpha value is -1.33. The molecule has 0 aliphatic rings. The molecule has 2 aromatic heterocycles. The van der Waals surface area contributed by atoms with Gasteiger partial charge in [-0.15, -0.1) is 11.3 Å². The van der Waals surface area contributed by atoms with Crippen molar-refractivity contribution in [1.82, 2.24) is 10.3 Å². The Morgan fingerprint density at radius 1 is 1.42 bits per heavy atom. The topological polar surface area (TPSA) is 41.3 Å². The van der Waals surface area contributed by atoms with Gasteiger partial charge >= 0.3 is 0 Å². The predicted octanol–water partition coefficient (Wildman–Crippen LogP) is 3.26. The van der Waals surface area contributed by atoms with Gasteiger partial charge in [0.1, 0.15) is 5.76 Å². The molecule has 0 amide bonds. The molecule has 0 unspecified atom stereocenters. The quantitative estimate of drug-likeness (QED) is 0.753. The summed E-state index contributed by atoms with van der Waals surface area (Å²) in [6, 6.07) is 3.92. The van der Waals surface area contributed by atoms with Gasteiger partial charge in [-0.3, -0.25) is 0 Å². The number of anilines is 1. The second kappa shape index (κ2) is 7.31. The molecular formula is C14H21N3OS. The lowest BCUT2D eigenvalue weighted by Crippen LogP contribution is -2.21. The van der Waals surface area contributed by atoms with Gasteiger partial charge in [-0.25, -0.2) is 4.98 Å². The van der Waals surface area contributed by atoms with Crippen LogP contribution in [0.4, 0.5) is 5.13 Å². The van der Waals surface area contributed by atoms with Crippen molar-refractivity contribution in [3.05, 3.63) is 35.2 Å². The molecular weight excluding hydrogens is 258 g/mol. The van der Waals surface area contributed by atoms with Gasteiger partial charge in [-0.2, -0.15) is 0 Å². The average molecular weight is 279 g/mol. The maximum atomic E-state index is 5.40. The van der Waals surface area contributed by atoms with Gasteiger partial charge in [0, 0.05) is 24.2 Å². The molecule has 1 N–H and O–H groups in total. The van der Waals surface area contributed by atoms with Crippen LogP contribution in [0.25, 0.3) is 0 Å². The lowest BCUT2D eigenvalue weighted by Gasteiger charge is -2.17. The highest BCUT2D eigenvalue weighted by atomic mass is 32.1. The molecule has 0 aromatic carbocycles. The molecule has 5 heteroatoms. The van der Waals surface area contributed by atoms with Crippen molar-refractivity contribution in [2.24, 2.45) is 0 Å². The molecule has 0 atom stereocenters. The molecule has 4 nitrogen and oxygen atoms in total. The zero-order chi connectivity index (χ0) is 13.5. The van der Waals surface area contributed by atoms with Gasteiger partial charge in [-0.1, -0.05) is 6.92 Å². The normalized spacial score (nSPS) is 10.8. The molecule has 0 radical (unpaired) electrons. The highest BCUT2D eigenvalue weighted by Gasteiger charge is 2.11. The number of nitrogens with zero attached hydrogens (tertiary/aromatic N) is 2. The number of aromatic nitrogens is 1. The molecule has 2 heterocycles. The first-order valence-electron chi connectivity index (χ1n) is 6.76. The Labute approximate surface area is 118 Å². The highest BCUT2D eigenvalue weighted by molar-refractivity contribution is 7.15. The summed E-state index contributed by atoms with van der Waals surface area (Å²) < 4.78 is 5.40. The van der Waals surface area contributed by atoms with E-state index in [1.807, 2.05) is 18.3 Å². The van der Waals surface area contributed by atoms with E-state index < -0.39 is 0 Å². The summed E-state index contributed by atoms with van der Waals surface area (Å²) in [5, 5.41) is 4.46. The first-order chi connectivity index (χ1) is 9.33. The second-order valence-corrected chi connectivity index (χ2v) is 5.47. The van der Waals surface area contributed by atoms with Crippen LogP contribution in [0.3, 0.4) is 0 Å². The lowest BCUT2D eigenvalue weighted by molar-refractivity contribution is 0.503. The van der Waals surface area contributed by atoms with Crippen molar-refractivity contribution in [2.45, 2.75) is 33.4 Å². The minimum atomic E-state index is 0.777. The van der Waals surface area contributed by atoms with E-state index in [9.17, 15) is 0 Å². The Morgan fingerprint density at radius 3 is 3.00 bits per heavy atom. The van der Waals surface area contributed by atoms with Gasteiger partial charge < -0.3 is 14.6 Å². The number of hydrogen-bond acceptors (Lipinski definition) is 5. The van der Waals surface area contributed by atoms with Crippen LogP contribution in [0.2, 0.25) is 0 Å². The third-order valence-electron chi connectivity index (χ3n) is 2.85. The fraction of sp³-hybridized carbons (Fsp3) is 0.500. The van der Waals surface area contributed by atoms with Crippen molar-refractivity contribution in [3.63, 3.8) is 0 Å². The summed E-state index contributed by atoms with van der Waals surface area (Å²) in [4.78, 5) is 8.02. The third kappa shape index (κ3) is 4.08. The molecule has 0 fully saturated rings. The third-order valence-corrected chi connectivity index (χ3v) is 3.90. The van der Waals surface area contributed by atoms with Crippen molar-refractivity contribution in [2.75, 3.05) is 18.0 Å². The zero-order valence-electron chi connectivity index (χ0n) is 11.6. The van der Waals surface area contributed by atoms with E-state index in [2.05, 4.69) is 29.0 Å². The summed E-state index contributed by atoms with van der Waals surface area (Å²) in [6.45, 7) is 7.97.